The summed E-state index contributed by atoms with van der Waals surface area (Å²) in [5, 5.41) is 0. The Balaban J connectivity index is 1.97. The summed E-state index contributed by atoms with van der Waals surface area (Å²) in [7, 11) is 0. The smallest absolute Gasteiger partial charge is 0.323 e. The Morgan fingerprint density at radius 1 is 0.952 bits per heavy atom. The molecule has 0 amide bonds. The van der Waals surface area contributed by atoms with Crippen molar-refractivity contribution in [2.75, 3.05) is 0 Å². The monoisotopic (exact) mass is 288 g/mol. The number of rotatable bonds is 2. The highest BCUT2D eigenvalue weighted by Crippen LogP contribution is 2.30. The number of pyridine rings is 1. The van der Waals surface area contributed by atoms with E-state index in [-0.39, 0.29) is 0 Å². The number of nitrogens with zero attached hydrogens (tertiary/aromatic N) is 2. The molecule has 0 aliphatic heterocycles. The Hall–Kier alpha value is -2.56. The number of halogens is 3. The van der Waals surface area contributed by atoms with Crippen molar-refractivity contribution < 1.29 is 13.2 Å². The van der Waals surface area contributed by atoms with Crippen molar-refractivity contribution in [3.8, 4) is 16.9 Å². The zero-order chi connectivity index (χ0) is 14.9. The molecule has 5 heteroatoms. The van der Waals surface area contributed by atoms with Crippen molar-refractivity contribution in [3.63, 3.8) is 0 Å². The van der Waals surface area contributed by atoms with Crippen molar-refractivity contribution in [2.45, 2.75) is 6.18 Å². The first-order chi connectivity index (χ1) is 10.0. The van der Waals surface area contributed by atoms with E-state index in [9.17, 15) is 13.2 Å². The van der Waals surface area contributed by atoms with Gasteiger partial charge in [-0.25, -0.2) is 0 Å². The summed E-state index contributed by atoms with van der Waals surface area (Å²) in [6, 6.07) is 12.6. The molecule has 0 aliphatic rings. The summed E-state index contributed by atoms with van der Waals surface area (Å²) < 4.78 is 39.9. The number of hydrogen-bond donors (Lipinski definition) is 0. The second-order valence-corrected chi connectivity index (χ2v) is 4.57. The summed E-state index contributed by atoms with van der Waals surface area (Å²) in [6.07, 6.45) is 0.821. The van der Waals surface area contributed by atoms with E-state index in [0.717, 1.165) is 23.4 Å². The molecular weight excluding hydrogens is 277 g/mol. The molecule has 0 aliphatic carbocycles. The van der Waals surface area contributed by atoms with Gasteiger partial charge in [0, 0.05) is 29.8 Å². The van der Waals surface area contributed by atoms with Crippen LogP contribution in [0.1, 0.15) is 5.56 Å². The van der Waals surface area contributed by atoms with Crippen molar-refractivity contribution in [3.05, 3.63) is 72.7 Å². The van der Waals surface area contributed by atoms with E-state index >= 15 is 0 Å². The quantitative estimate of drug-likeness (QED) is 0.676. The van der Waals surface area contributed by atoms with Gasteiger partial charge in [-0.05, 0) is 36.4 Å². The van der Waals surface area contributed by atoms with Gasteiger partial charge in [-0.15, -0.1) is 0 Å². The van der Waals surface area contributed by atoms with Crippen LogP contribution >= 0.6 is 0 Å². The Labute approximate surface area is 119 Å². The number of alkyl halides is 3. The van der Waals surface area contributed by atoms with E-state index in [1.54, 1.807) is 29.2 Å². The normalized spacial score (nSPS) is 11.6. The average molecular weight is 288 g/mol. The van der Waals surface area contributed by atoms with E-state index in [4.69, 9.17) is 0 Å². The maximum absolute atomic E-state index is 12.7. The van der Waals surface area contributed by atoms with Gasteiger partial charge < -0.3 is 4.57 Å². The van der Waals surface area contributed by atoms with Gasteiger partial charge in [-0.3, -0.25) is 4.98 Å². The van der Waals surface area contributed by atoms with Crippen LogP contribution in [-0.2, 0) is 6.18 Å². The first-order valence-electron chi connectivity index (χ1n) is 6.31. The molecule has 0 bridgehead atoms. The fraction of sp³-hybridized carbons (Fsp3) is 0.0625. The Kier molecular flexibility index (Phi) is 3.25. The van der Waals surface area contributed by atoms with Crippen molar-refractivity contribution >= 4 is 0 Å². The summed E-state index contributed by atoms with van der Waals surface area (Å²) in [6.45, 7) is 0. The third-order valence-electron chi connectivity index (χ3n) is 3.13. The highest BCUT2D eigenvalue weighted by molar-refractivity contribution is 5.59. The summed E-state index contributed by atoms with van der Waals surface area (Å²) in [4.78, 5) is 4.22. The molecule has 2 aromatic heterocycles. The average Bonchev–Trinajstić information content (AvgIpc) is 2.97. The fourth-order valence-corrected chi connectivity index (χ4v) is 2.08. The first-order valence-corrected chi connectivity index (χ1v) is 6.31. The minimum absolute atomic E-state index is 0.465. The van der Waals surface area contributed by atoms with Crippen LogP contribution < -0.4 is 0 Å². The molecule has 0 fully saturated rings. The number of hydrogen-bond acceptors (Lipinski definition) is 1. The van der Waals surface area contributed by atoms with Gasteiger partial charge >= 0.3 is 6.18 Å². The van der Waals surface area contributed by atoms with Crippen LogP contribution in [-0.4, -0.2) is 9.55 Å². The third-order valence-corrected chi connectivity index (χ3v) is 3.13. The van der Waals surface area contributed by atoms with Crippen molar-refractivity contribution in [1.82, 2.24) is 9.55 Å². The van der Waals surface area contributed by atoms with E-state index in [1.807, 2.05) is 24.3 Å². The Morgan fingerprint density at radius 2 is 1.81 bits per heavy atom. The van der Waals surface area contributed by atoms with Gasteiger partial charge in [-0.2, -0.15) is 13.2 Å². The molecule has 0 unspecified atom stereocenters. The molecular formula is C16H11F3N2. The fourth-order valence-electron chi connectivity index (χ4n) is 2.08. The maximum atomic E-state index is 12.7. The van der Waals surface area contributed by atoms with Crippen LogP contribution in [0.25, 0.3) is 16.9 Å². The second-order valence-electron chi connectivity index (χ2n) is 4.57. The summed E-state index contributed by atoms with van der Waals surface area (Å²) >= 11 is 0. The molecule has 0 N–H and O–H groups in total. The van der Waals surface area contributed by atoms with Gasteiger partial charge in [0.2, 0.25) is 0 Å². The summed E-state index contributed by atoms with van der Waals surface area (Å²) in [5.41, 5.74) is 1.44. The van der Waals surface area contributed by atoms with Gasteiger partial charge in [0.05, 0.1) is 11.3 Å². The highest BCUT2D eigenvalue weighted by Gasteiger charge is 2.30. The maximum Gasteiger partial charge on any atom is 0.416 e. The Morgan fingerprint density at radius 3 is 2.52 bits per heavy atom. The summed E-state index contributed by atoms with van der Waals surface area (Å²) in [5.74, 6) is 0. The minimum atomic E-state index is -4.34. The van der Waals surface area contributed by atoms with Crippen LogP contribution in [0.15, 0.2) is 67.1 Å². The lowest BCUT2D eigenvalue weighted by Gasteiger charge is -2.09. The molecule has 106 valence electrons. The standard InChI is InChI=1S/C16H11F3N2/c17-16(18,19)13-4-3-5-14(10-13)21-9-7-12(11-21)15-6-1-2-8-20-15/h1-11H. The molecule has 3 aromatic rings. The molecule has 0 spiro atoms. The Bertz CT molecular complexity index is 745. The van der Waals surface area contributed by atoms with Crippen LogP contribution in [0, 0.1) is 0 Å². The number of benzene rings is 1. The SMILES string of the molecule is FC(F)(F)c1cccc(-n2ccc(-c3ccccn3)c2)c1. The molecule has 0 saturated heterocycles. The molecule has 0 radical (unpaired) electrons. The predicted octanol–water partition coefficient (Wildman–Crippen LogP) is 4.56. The van der Waals surface area contributed by atoms with Gasteiger partial charge in [0.25, 0.3) is 0 Å². The highest BCUT2D eigenvalue weighted by atomic mass is 19.4. The van der Waals surface area contributed by atoms with E-state index in [1.165, 1.54) is 6.07 Å². The topological polar surface area (TPSA) is 17.8 Å². The molecule has 2 heterocycles. The van der Waals surface area contributed by atoms with Gasteiger partial charge in [0.1, 0.15) is 0 Å². The van der Waals surface area contributed by atoms with Crippen molar-refractivity contribution in [1.29, 1.82) is 0 Å². The van der Waals surface area contributed by atoms with Crippen LogP contribution in [0.4, 0.5) is 13.2 Å². The molecule has 0 atom stereocenters. The predicted molar refractivity (Wildman–Crippen MR) is 74.0 cm³/mol. The zero-order valence-electron chi connectivity index (χ0n) is 10.9. The van der Waals surface area contributed by atoms with E-state index < -0.39 is 11.7 Å². The first kappa shape index (κ1) is 13.4. The lowest BCUT2D eigenvalue weighted by atomic mass is 10.2. The largest absolute Gasteiger partial charge is 0.416 e. The van der Waals surface area contributed by atoms with Gasteiger partial charge in [-0.1, -0.05) is 12.1 Å². The van der Waals surface area contributed by atoms with E-state index in [2.05, 4.69) is 4.98 Å². The third kappa shape index (κ3) is 2.81. The molecule has 0 saturated carbocycles. The zero-order valence-corrected chi connectivity index (χ0v) is 10.9. The minimum Gasteiger partial charge on any atom is -0.323 e. The van der Waals surface area contributed by atoms with Crippen LogP contribution in [0.2, 0.25) is 0 Å². The molecule has 3 rings (SSSR count). The lowest BCUT2D eigenvalue weighted by molar-refractivity contribution is -0.137. The van der Waals surface area contributed by atoms with Crippen LogP contribution in [0.5, 0.6) is 0 Å². The van der Waals surface area contributed by atoms with Crippen LogP contribution in [0.3, 0.4) is 0 Å². The lowest BCUT2D eigenvalue weighted by Crippen LogP contribution is -2.05. The van der Waals surface area contributed by atoms with Gasteiger partial charge in [0.15, 0.2) is 0 Å². The van der Waals surface area contributed by atoms with Crippen molar-refractivity contribution in [2.24, 2.45) is 0 Å². The molecule has 1 aromatic carbocycles. The molecule has 2 nitrogen and oxygen atoms in total. The van der Waals surface area contributed by atoms with E-state index in [0.29, 0.717) is 5.69 Å². The second kappa shape index (κ2) is 5.09. The number of aromatic nitrogens is 2. The molecule has 21 heavy (non-hydrogen) atoms.